The maximum absolute atomic E-state index is 2.44. The van der Waals surface area contributed by atoms with Crippen molar-refractivity contribution in [3.05, 3.63) is 11.6 Å². The molecule has 0 bridgehead atoms. The van der Waals surface area contributed by atoms with Gasteiger partial charge in [0.15, 0.2) is 0 Å². The van der Waals surface area contributed by atoms with Crippen LogP contribution in [0.1, 0.15) is 53.4 Å². The molecular formula is C12H22. The van der Waals surface area contributed by atoms with Gasteiger partial charge in [-0.05, 0) is 44.4 Å². The van der Waals surface area contributed by atoms with Crippen LogP contribution in [0.5, 0.6) is 0 Å². The maximum atomic E-state index is 2.44. The van der Waals surface area contributed by atoms with E-state index in [0.29, 0.717) is 5.41 Å². The zero-order valence-electron chi connectivity index (χ0n) is 8.98. The standard InChI is InChI=1S/C12H22/c1-5-11-9-12(11,4)8-6-7-10(2)3/h7,11H,5-6,8-9H2,1-4H3. The summed E-state index contributed by atoms with van der Waals surface area (Å²) in [7, 11) is 0. The lowest BCUT2D eigenvalue weighted by Crippen LogP contribution is -1.96. The second-order valence-corrected chi connectivity index (χ2v) is 4.78. The Labute approximate surface area is 77.1 Å². The summed E-state index contributed by atoms with van der Waals surface area (Å²) in [5.41, 5.74) is 2.17. The summed E-state index contributed by atoms with van der Waals surface area (Å²) in [6.45, 7) is 9.13. The summed E-state index contributed by atoms with van der Waals surface area (Å²) < 4.78 is 0. The molecule has 0 heterocycles. The van der Waals surface area contributed by atoms with Crippen molar-refractivity contribution in [3.63, 3.8) is 0 Å². The van der Waals surface area contributed by atoms with Crippen LogP contribution in [0.3, 0.4) is 0 Å². The smallest absolute Gasteiger partial charge is 0.0292 e. The second kappa shape index (κ2) is 3.64. The Balaban J connectivity index is 2.21. The SMILES string of the molecule is CCC1CC1(C)CCC=C(C)C. The van der Waals surface area contributed by atoms with Crippen molar-refractivity contribution < 1.29 is 0 Å². The van der Waals surface area contributed by atoms with Gasteiger partial charge in [-0.15, -0.1) is 0 Å². The third kappa shape index (κ3) is 2.36. The monoisotopic (exact) mass is 166 g/mol. The van der Waals surface area contributed by atoms with Gasteiger partial charge in [0.2, 0.25) is 0 Å². The minimum Gasteiger partial charge on any atom is -0.0859 e. The van der Waals surface area contributed by atoms with Gasteiger partial charge in [-0.3, -0.25) is 0 Å². The quantitative estimate of drug-likeness (QED) is 0.550. The van der Waals surface area contributed by atoms with Crippen LogP contribution in [0.25, 0.3) is 0 Å². The number of allylic oxidation sites excluding steroid dienone is 2. The van der Waals surface area contributed by atoms with Gasteiger partial charge in [0, 0.05) is 0 Å². The zero-order chi connectivity index (χ0) is 9.19. The molecule has 1 fully saturated rings. The van der Waals surface area contributed by atoms with E-state index in [2.05, 4.69) is 33.8 Å². The molecule has 0 spiro atoms. The maximum Gasteiger partial charge on any atom is -0.0292 e. The molecule has 1 aliphatic rings. The molecule has 0 heteroatoms. The minimum absolute atomic E-state index is 0.709. The Morgan fingerprint density at radius 3 is 2.58 bits per heavy atom. The van der Waals surface area contributed by atoms with Gasteiger partial charge in [-0.1, -0.05) is 31.9 Å². The van der Waals surface area contributed by atoms with E-state index in [1.54, 1.807) is 0 Å². The van der Waals surface area contributed by atoms with Gasteiger partial charge in [-0.2, -0.15) is 0 Å². The van der Waals surface area contributed by atoms with Crippen LogP contribution in [0.4, 0.5) is 0 Å². The molecule has 0 nitrogen and oxygen atoms in total. The average molecular weight is 166 g/mol. The van der Waals surface area contributed by atoms with Crippen LogP contribution in [-0.2, 0) is 0 Å². The van der Waals surface area contributed by atoms with Gasteiger partial charge in [0.05, 0.1) is 0 Å². The molecule has 1 rings (SSSR count). The lowest BCUT2D eigenvalue weighted by atomic mass is 9.98. The lowest BCUT2D eigenvalue weighted by Gasteiger charge is -2.07. The first-order valence-electron chi connectivity index (χ1n) is 5.22. The summed E-state index contributed by atoms with van der Waals surface area (Å²) in [4.78, 5) is 0. The molecule has 2 atom stereocenters. The van der Waals surface area contributed by atoms with Crippen molar-refractivity contribution in [2.75, 3.05) is 0 Å². The molecule has 0 amide bonds. The van der Waals surface area contributed by atoms with E-state index in [0.717, 1.165) is 5.92 Å². The van der Waals surface area contributed by atoms with Gasteiger partial charge >= 0.3 is 0 Å². The van der Waals surface area contributed by atoms with E-state index in [-0.39, 0.29) is 0 Å². The highest BCUT2D eigenvalue weighted by atomic mass is 14.5. The van der Waals surface area contributed by atoms with Crippen LogP contribution < -0.4 is 0 Å². The van der Waals surface area contributed by atoms with E-state index < -0.39 is 0 Å². The Morgan fingerprint density at radius 1 is 1.50 bits per heavy atom. The molecule has 12 heavy (non-hydrogen) atoms. The molecule has 0 saturated heterocycles. The first-order valence-corrected chi connectivity index (χ1v) is 5.22. The Hall–Kier alpha value is -0.260. The molecule has 0 aromatic heterocycles. The van der Waals surface area contributed by atoms with E-state index >= 15 is 0 Å². The molecule has 0 radical (unpaired) electrons. The van der Waals surface area contributed by atoms with Crippen molar-refractivity contribution >= 4 is 0 Å². The fraction of sp³-hybridized carbons (Fsp3) is 0.833. The molecule has 0 aliphatic heterocycles. The number of hydrogen-bond acceptors (Lipinski definition) is 0. The van der Waals surface area contributed by atoms with E-state index in [1.807, 2.05) is 0 Å². The molecule has 2 unspecified atom stereocenters. The second-order valence-electron chi connectivity index (χ2n) is 4.78. The van der Waals surface area contributed by atoms with Gasteiger partial charge in [0.25, 0.3) is 0 Å². The van der Waals surface area contributed by atoms with Gasteiger partial charge < -0.3 is 0 Å². The lowest BCUT2D eigenvalue weighted by molar-refractivity contribution is 0.459. The third-order valence-corrected chi connectivity index (χ3v) is 3.30. The summed E-state index contributed by atoms with van der Waals surface area (Å²) in [6.07, 6.45) is 7.91. The zero-order valence-corrected chi connectivity index (χ0v) is 8.98. The highest BCUT2D eigenvalue weighted by molar-refractivity contribution is 5.01. The number of rotatable bonds is 4. The Kier molecular flexibility index (Phi) is 2.98. The van der Waals surface area contributed by atoms with Crippen LogP contribution >= 0.6 is 0 Å². The molecule has 1 saturated carbocycles. The number of hydrogen-bond donors (Lipinski definition) is 0. The third-order valence-electron chi connectivity index (χ3n) is 3.30. The molecule has 70 valence electrons. The van der Waals surface area contributed by atoms with E-state index in [9.17, 15) is 0 Å². The average Bonchev–Trinajstić information content (AvgIpc) is 2.61. The van der Waals surface area contributed by atoms with Crippen molar-refractivity contribution in [2.45, 2.75) is 53.4 Å². The van der Waals surface area contributed by atoms with E-state index in [1.165, 1.54) is 31.3 Å². The largest absolute Gasteiger partial charge is 0.0859 e. The molecular weight excluding hydrogens is 144 g/mol. The molecule has 1 aliphatic carbocycles. The first kappa shape index (κ1) is 9.83. The highest BCUT2D eigenvalue weighted by Crippen LogP contribution is 2.57. The highest BCUT2D eigenvalue weighted by Gasteiger charge is 2.47. The summed E-state index contributed by atoms with van der Waals surface area (Å²) in [5.74, 6) is 1.03. The Bertz CT molecular complexity index is 174. The van der Waals surface area contributed by atoms with Crippen LogP contribution in [0.15, 0.2) is 11.6 Å². The summed E-state index contributed by atoms with van der Waals surface area (Å²) in [5, 5.41) is 0. The van der Waals surface area contributed by atoms with Gasteiger partial charge in [0.1, 0.15) is 0 Å². The van der Waals surface area contributed by atoms with Crippen molar-refractivity contribution in [3.8, 4) is 0 Å². The van der Waals surface area contributed by atoms with E-state index in [4.69, 9.17) is 0 Å². The van der Waals surface area contributed by atoms with Crippen LogP contribution in [0, 0.1) is 11.3 Å². The van der Waals surface area contributed by atoms with Crippen LogP contribution in [-0.4, -0.2) is 0 Å². The summed E-state index contributed by atoms with van der Waals surface area (Å²) in [6, 6.07) is 0. The normalized spacial score (nSPS) is 33.2. The first-order chi connectivity index (χ1) is 5.58. The predicted molar refractivity (Wildman–Crippen MR) is 55.2 cm³/mol. The Morgan fingerprint density at radius 2 is 2.17 bits per heavy atom. The van der Waals surface area contributed by atoms with Crippen LogP contribution in [0.2, 0.25) is 0 Å². The van der Waals surface area contributed by atoms with Gasteiger partial charge in [-0.25, -0.2) is 0 Å². The van der Waals surface area contributed by atoms with Crippen molar-refractivity contribution in [1.82, 2.24) is 0 Å². The fourth-order valence-corrected chi connectivity index (χ4v) is 2.14. The predicted octanol–water partition coefficient (Wildman–Crippen LogP) is 4.17. The van der Waals surface area contributed by atoms with Crippen molar-refractivity contribution in [1.29, 1.82) is 0 Å². The molecule has 0 N–H and O–H groups in total. The summed E-state index contributed by atoms with van der Waals surface area (Å²) >= 11 is 0. The molecule has 0 aromatic carbocycles. The minimum atomic E-state index is 0.709. The fourth-order valence-electron chi connectivity index (χ4n) is 2.14. The topological polar surface area (TPSA) is 0 Å². The molecule has 0 aromatic rings. The van der Waals surface area contributed by atoms with Crippen molar-refractivity contribution in [2.24, 2.45) is 11.3 Å².